The molecule has 0 rings (SSSR count). The van der Waals surface area contributed by atoms with Gasteiger partial charge >= 0.3 is 6.18 Å². The van der Waals surface area contributed by atoms with Crippen LogP contribution in [0, 0.1) is 5.92 Å². The molecule has 1 amide bonds. The number of halogens is 4. The summed E-state index contributed by atoms with van der Waals surface area (Å²) in [6.07, 6.45) is -4.46. The highest BCUT2D eigenvalue weighted by molar-refractivity contribution is 6.19. The van der Waals surface area contributed by atoms with Crippen LogP contribution in [-0.2, 0) is 4.79 Å². The van der Waals surface area contributed by atoms with E-state index in [0.29, 0.717) is 4.90 Å². The first-order valence-electron chi connectivity index (χ1n) is 4.34. The molecule has 3 nitrogen and oxygen atoms in total. The van der Waals surface area contributed by atoms with Gasteiger partial charge in [-0.2, -0.15) is 13.2 Å². The Morgan fingerprint density at radius 3 is 2.40 bits per heavy atom. The second kappa shape index (κ2) is 6.17. The summed E-state index contributed by atoms with van der Waals surface area (Å²) in [4.78, 5) is 11.9. The van der Waals surface area contributed by atoms with Crippen molar-refractivity contribution in [1.82, 2.24) is 4.90 Å². The first-order valence-corrected chi connectivity index (χ1v) is 4.87. The maximum absolute atomic E-state index is 12.0. The average molecular weight is 248 g/mol. The topological polar surface area (TPSA) is 40.5 Å². The lowest BCUT2D eigenvalue weighted by molar-refractivity contribution is -0.163. The number of hydrogen-bond acceptors (Lipinski definition) is 2. The molecule has 0 saturated carbocycles. The van der Waals surface area contributed by atoms with Gasteiger partial charge in [0.15, 0.2) is 0 Å². The van der Waals surface area contributed by atoms with Crippen LogP contribution < -0.4 is 0 Å². The second-order valence-corrected chi connectivity index (χ2v) is 3.46. The zero-order chi connectivity index (χ0) is 12.1. The van der Waals surface area contributed by atoms with E-state index in [1.165, 1.54) is 6.92 Å². The van der Waals surface area contributed by atoms with Crippen LogP contribution in [0.25, 0.3) is 0 Å². The van der Waals surface area contributed by atoms with E-state index in [4.69, 9.17) is 16.7 Å². The van der Waals surface area contributed by atoms with Crippen LogP contribution in [0.3, 0.4) is 0 Å². The summed E-state index contributed by atoms with van der Waals surface area (Å²) in [5, 5.41) is 8.54. The van der Waals surface area contributed by atoms with Crippen LogP contribution in [0.15, 0.2) is 0 Å². The van der Waals surface area contributed by atoms with Gasteiger partial charge in [-0.25, -0.2) is 0 Å². The molecule has 0 spiro atoms. The van der Waals surface area contributed by atoms with Gasteiger partial charge in [-0.05, 0) is 0 Å². The molecule has 0 heterocycles. The first kappa shape index (κ1) is 14.5. The largest absolute Gasteiger partial charge is 0.406 e. The third kappa shape index (κ3) is 5.84. The molecule has 0 fully saturated rings. The normalized spacial score (nSPS) is 13.7. The molecule has 1 atom stereocenters. The van der Waals surface area contributed by atoms with E-state index in [1.807, 2.05) is 0 Å². The predicted molar refractivity (Wildman–Crippen MR) is 49.6 cm³/mol. The van der Waals surface area contributed by atoms with Gasteiger partial charge in [0.05, 0.1) is 6.61 Å². The van der Waals surface area contributed by atoms with Crippen molar-refractivity contribution >= 4 is 17.5 Å². The van der Waals surface area contributed by atoms with Crippen LogP contribution >= 0.6 is 11.6 Å². The summed E-state index contributed by atoms with van der Waals surface area (Å²) >= 11 is 5.37. The molecule has 0 aromatic carbocycles. The molecule has 0 aliphatic carbocycles. The van der Waals surface area contributed by atoms with Crippen molar-refractivity contribution in [2.45, 2.75) is 13.1 Å². The van der Waals surface area contributed by atoms with Crippen LogP contribution in [-0.4, -0.2) is 47.7 Å². The lowest BCUT2D eigenvalue weighted by Gasteiger charge is -2.25. The molecule has 0 bridgehead atoms. The fourth-order valence-corrected chi connectivity index (χ4v) is 1.11. The Morgan fingerprint density at radius 1 is 1.53 bits per heavy atom. The zero-order valence-corrected chi connectivity index (χ0v) is 8.98. The van der Waals surface area contributed by atoms with Gasteiger partial charge in [-0.15, -0.1) is 11.6 Å². The number of alkyl halides is 4. The molecule has 0 radical (unpaired) electrons. The summed E-state index contributed by atoms with van der Waals surface area (Å²) < 4.78 is 36.1. The molecule has 1 unspecified atom stereocenters. The van der Waals surface area contributed by atoms with E-state index in [9.17, 15) is 18.0 Å². The Labute approximate surface area is 90.8 Å². The summed E-state index contributed by atoms with van der Waals surface area (Å²) in [6, 6.07) is 0. The van der Waals surface area contributed by atoms with Crippen molar-refractivity contribution in [3.63, 3.8) is 0 Å². The van der Waals surface area contributed by atoms with Crippen molar-refractivity contribution in [2.75, 3.05) is 25.6 Å². The lowest BCUT2D eigenvalue weighted by atomic mass is 10.2. The van der Waals surface area contributed by atoms with E-state index < -0.39 is 31.2 Å². The molecule has 0 aromatic rings. The van der Waals surface area contributed by atoms with E-state index in [0.717, 1.165) is 0 Å². The minimum Gasteiger partial charge on any atom is -0.395 e. The summed E-state index contributed by atoms with van der Waals surface area (Å²) in [7, 11) is 0. The van der Waals surface area contributed by atoms with Crippen molar-refractivity contribution in [3.8, 4) is 0 Å². The third-order valence-corrected chi connectivity index (χ3v) is 2.17. The molecule has 0 aliphatic rings. The van der Waals surface area contributed by atoms with Gasteiger partial charge in [0.25, 0.3) is 0 Å². The number of carbonyl (C=O) groups is 1. The Bertz CT molecular complexity index is 211. The number of aliphatic hydroxyl groups excluding tert-OH is 1. The van der Waals surface area contributed by atoms with Crippen molar-refractivity contribution in [1.29, 1.82) is 0 Å². The van der Waals surface area contributed by atoms with E-state index in [2.05, 4.69) is 0 Å². The van der Waals surface area contributed by atoms with Crippen LogP contribution in [0.4, 0.5) is 13.2 Å². The van der Waals surface area contributed by atoms with Gasteiger partial charge in [-0.1, -0.05) is 6.92 Å². The Morgan fingerprint density at radius 2 is 2.07 bits per heavy atom. The van der Waals surface area contributed by atoms with Crippen LogP contribution in [0.2, 0.25) is 0 Å². The molecule has 1 N–H and O–H groups in total. The van der Waals surface area contributed by atoms with Crippen LogP contribution in [0.5, 0.6) is 0 Å². The molecule has 90 valence electrons. The molecular weight excluding hydrogens is 235 g/mol. The minimum atomic E-state index is -4.46. The quantitative estimate of drug-likeness (QED) is 0.743. The van der Waals surface area contributed by atoms with E-state index in [-0.39, 0.29) is 12.4 Å². The lowest BCUT2D eigenvalue weighted by Crippen LogP contribution is -2.43. The zero-order valence-electron chi connectivity index (χ0n) is 8.22. The SMILES string of the molecule is CC(CCl)C(=O)N(CCO)CC(F)(F)F. The van der Waals surface area contributed by atoms with Gasteiger partial charge in [0.2, 0.25) is 5.91 Å². The Kier molecular flexibility index (Phi) is 5.97. The number of amides is 1. The molecular formula is C8H13ClF3NO2. The summed E-state index contributed by atoms with van der Waals surface area (Å²) in [6.45, 7) is -0.750. The van der Waals surface area contributed by atoms with Gasteiger partial charge < -0.3 is 10.0 Å². The Balaban J connectivity index is 4.45. The molecule has 0 aromatic heterocycles. The molecule has 7 heteroatoms. The van der Waals surface area contributed by atoms with Gasteiger partial charge in [0.1, 0.15) is 6.54 Å². The number of hydrogen-bond donors (Lipinski definition) is 1. The second-order valence-electron chi connectivity index (χ2n) is 3.15. The first-order chi connectivity index (χ1) is 6.81. The number of rotatable bonds is 5. The maximum atomic E-state index is 12.0. The molecule has 15 heavy (non-hydrogen) atoms. The Hall–Kier alpha value is -0.490. The monoisotopic (exact) mass is 247 g/mol. The standard InChI is InChI=1S/C8H13ClF3NO2/c1-6(4-9)7(15)13(2-3-14)5-8(10,11)12/h6,14H,2-5H2,1H3. The molecule has 0 saturated heterocycles. The van der Waals surface area contributed by atoms with Crippen molar-refractivity contribution in [3.05, 3.63) is 0 Å². The highest BCUT2D eigenvalue weighted by Gasteiger charge is 2.33. The third-order valence-electron chi connectivity index (χ3n) is 1.70. The number of carbonyl (C=O) groups excluding carboxylic acids is 1. The smallest absolute Gasteiger partial charge is 0.395 e. The van der Waals surface area contributed by atoms with Gasteiger partial charge in [0, 0.05) is 18.3 Å². The molecule has 0 aliphatic heterocycles. The number of aliphatic hydroxyl groups is 1. The maximum Gasteiger partial charge on any atom is 0.406 e. The predicted octanol–water partition coefficient (Wildman–Crippen LogP) is 1.24. The highest BCUT2D eigenvalue weighted by Crippen LogP contribution is 2.18. The summed E-state index contributed by atoms with van der Waals surface area (Å²) in [5.41, 5.74) is 0. The van der Waals surface area contributed by atoms with E-state index in [1.54, 1.807) is 0 Å². The van der Waals surface area contributed by atoms with E-state index >= 15 is 0 Å². The fraction of sp³-hybridized carbons (Fsp3) is 0.875. The highest BCUT2D eigenvalue weighted by atomic mass is 35.5. The van der Waals surface area contributed by atoms with Crippen molar-refractivity contribution in [2.24, 2.45) is 5.92 Å². The van der Waals surface area contributed by atoms with Crippen LogP contribution in [0.1, 0.15) is 6.92 Å². The van der Waals surface area contributed by atoms with Gasteiger partial charge in [-0.3, -0.25) is 4.79 Å². The number of nitrogens with zero attached hydrogens (tertiary/aromatic N) is 1. The summed E-state index contributed by atoms with van der Waals surface area (Å²) in [5.74, 6) is -1.42. The minimum absolute atomic E-state index is 0.0430. The average Bonchev–Trinajstić information content (AvgIpc) is 2.13. The fourth-order valence-electron chi connectivity index (χ4n) is 0.982. The van der Waals surface area contributed by atoms with Crippen molar-refractivity contribution < 1.29 is 23.1 Å².